The Bertz CT molecular complexity index is 645. The van der Waals surface area contributed by atoms with E-state index in [9.17, 15) is 0 Å². The van der Waals surface area contributed by atoms with E-state index in [-0.39, 0.29) is 6.04 Å². The highest BCUT2D eigenvalue weighted by atomic mass is 16.5. The number of imidazole rings is 2. The summed E-state index contributed by atoms with van der Waals surface area (Å²) in [6, 6.07) is 0.202. The van der Waals surface area contributed by atoms with Gasteiger partial charge in [0.25, 0.3) is 0 Å². The fourth-order valence-corrected chi connectivity index (χ4v) is 3.05. The van der Waals surface area contributed by atoms with Gasteiger partial charge in [0.15, 0.2) is 0 Å². The van der Waals surface area contributed by atoms with Crippen LogP contribution in [0.3, 0.4) is 0 Å². The van der Waals surface area contributed by atoms with Gasteiger partial charge in [0, 0.05) is 39.5 Å². The highest BCUT2D eigenvalue weighted by Crippen LogP contribution is 2.30. The first kappa shape index (κ1) is 15.0. The van der Waals surface area contributed by atoms with Crippen molar-refractivity contribution in [3.8, 4) is 0 Å². The van der Waals surface area contributed by atoms with E-state index < -0.39 is 0 Å². The highest BCUT2D eigenvalue weighted by Gasteiger charge is 2.31. The van der Waals surface area contributed by atoms with Crippen molar-refractivity contribution in [1.29, 1.82) is 0 Å². The van der Waals surface area contributed by atoms with E-state index in [2.05, 4.69) is 37.6 Å². The summed E-state index contributed by atoms with van der Waals surface area (Å²) in [5.74, 6) is 1.07. The van der Waals surface area contributed by atoms with Crippen molar-refractivity contribution in [2.75, 3.05) is 19.8 Å². The number of aromatic nitrogens is 4. The maximum Gasteiger partial charge on any atom is 0.122 e. The first-order valence-electron chi connectivity index (χ1n) is 7.59. The molecule has 0 bridgehead atoms. The lowest BCUT2D eigenvalue weighted by Gasteiger charge is -2.35. The molecule has 0 spiro atoms. The number of hydrogen-bond acceptors (Lipinski definition) is 4. The van der Waals surface area contributed by atoms with Crippen LogP contribution in [0, 0.1) is 0 Å². The summed E-state index contributed by atoms with van der Waals surface area (Å²) in [5, 5.41) is 0. The second kappa shape index (κ2) is 6.46. The summed E-state index contributed by atoms with van der Waals surface area (Å²) in [7, 11) is 4.08. The van der Waals surface area contributed by atoms with Crippen LogP contribution in [0.25, 0.3) is 0 Å². The average Bonchev–Trinajstić information content (AvgIpc) is 3.08. The van der Waals surface area contributed by atoms with E-state index in [1.807, 2.05) is 25.8 Å². The van der Waals surface area contributed by atoms with Crippen molar-refractivity contribution < 1.29 is 4.74 Å². The molecule has 0 aromatic carbocycles. The first-order chi connectivity index (χ1) is 10.7. The Balaban J connectivity index is 1.83. The third kappa shape index (κ3) is 2.84. The second-order valence-electron chi connectivity index (χ2n) is 5.70. The lowest BCUT2D eigenvalue weighted by atomic mass is 10.0. The minimum Gasteiger partial charge on any atom is -0.375 e. The second-order valence-corrected chi connectivity index (χ2v) is 5.70. The number of nitrogens with zero attached hydrogens (tertiary/aromatic N) is 5. The van der Waals surface area contributed by atoms with E-state index in [1.165, 1.54) is 11.4 Å². The van der Waals surface area contributed by atoms with E-state index in [1.54, 1.807) is 6.08 Å². The Kier molecular flexibility index (Phi) is 4.40. The lowest BCUT2D eigenvalue weighted by Crippen LogP contribution is -2.39. The van der Waals surface area contributed by atoms with Gasteiger partial charge in [-0.25, -0.2) is 9.97 Å². The van der Waals surface area contributed by atoms with E-state index in [0.29, 0.717) is 13.2 Å². The molecule has 22 heavy (non-hydrogen) atoms. The molecule has 0 N–H and O–H groups in total. The van der Waals surface area contributed by atoms with Crippen molar-refractivity contribution in [3.05, 3.63) is 48.6 Å². The highest BCUT2D eigenvalue weighted by molar-refractivity contribution is 5.21. The van der Waals surface area contributed by atoms with Crippen molar-refractivity contribution in [1.82, 2.24) is 24.0 Å². The molecule has 0 saturated carbocycles. The number of aryl methyl sites for hydroxylation is 2. The molecule has 2 aromatic heterocycles. The molecule has 2 aromatic rings. The lowest BCUT2D eigenvalue weighted by molar-refractivity contribution is 0.0567. The van der Waals surface area contributed by atoms with Gasteiger partial charge in [-0.1, -0.05) is 6.08 Å². The zero-order chi connectivity index (χ0) is 15.5. The summed E-state index contributed by atoms with van der Waals surface area (Å²) in [5.41, 5.74) is 2.44. The predicted octanol–water partition coefficient (Wildman–Crippen LogP) is 1.46. The summed E-state index contributed by atoms with van der Waals surface area (Å²) in [6.07, 6.45) is 8.49. The molecule has 0 unspecified atom stereocenters. The van der Waals surface area contributed by atoms with Crippen LogP contribution in [-0.4, -0.2) is 43.8 Å². The summed E-state index contributed by atoms with van der Waals surface area (Å²) >= 11 is 0. The van der Waals surface area contributed by atoms with Gasteiger partial charge in [-0.05, 0) is 0 Å². The molecule has 1 aliphatic rings. The molecule has 0 amide bonds. The molecule has 0 aliphatic carbocycles. The summed E-state index contributed by atoms with van der Waals surface area (Å²) in [4.78, 5) is 11.4. The maximum atomic E-state index is 5.76. The van der Waals surface area contributed by atoms with Gasteiger partial charge in [-0.15, -0.1) is 6.58 Å². The van der Waals surface area contributed by atoms with Crippen LogP contribution >= 0.6 is 0 Å². The fraction of sp³-hybridized carbons (Fsp3) is 0.500. The fourth-order valence-electron chi connectivity index (χ4n) is 3.05. The largest absolute Gasteiger partial charge is 0.375 e. The van der Waals surface area contributed by atoms with Crippen molar-refractivity contribution in [3.63, 3.8) is 0 Å². The smallest absolute Gasteiger partial charge is 0.122 e. The van der Waals surface area contributed by atoms with Crippen LogP contribution in [0.1, 0.15) is 23.3 Å². The number of rotatable bonds is 6. The van der Waals surface area contributed by atoms with Crippen LogP contribution in [0.2, 0.25) is 0 Å². The van der Waals surface area contributed by atoms with Gasteiger partial charge < -0.3 is 13.9 Å². The standard InChI is InChI=1S/C16H23N5O/c1-4-9-22-11-14-16-13(18-12-20(16)3)5-7-21(14)10-15-17-6-8-19(15)2/h4,6,8,12,14H,1,5,7,9-11H2,2-3H3/t14-/m0/s1. The molecule has 6 nitrogen and oxygen atoms in total. The van der Waals surface area contributed by atoms with Crippen molar-refractivity contribution >= 4 is 0 Å². The Hall–Kier alpha value is -1.92. The van der Waals surface area contributed by atoms with Crippen LogP contribution in [0.15, 0.2) is 31.4 Å². The normalized spacial score (nSPS) is 18.4. The van der Waals surface area contributed by atoms with Crippen LogP contribution < -0.4 is 0 Å². The molecule has 1 atom stereocenters. The van der Waals surface area contributed by atoms with Crippen molar-refractivity contribution in [2.45, 2.75) is 19.0 Å². The Morgan fingerprint density at radius 2 is 2.23 bits per heavy atom. The van der Waals surface area contributed by atoms with Gasteiger partial charge in [-0.2, -0.15) is 0 Å². The minimum atomic E-state index is 0.202. The molecule has 0 fully saturated rings. The van der Waals surface area contributed by atoms with Crippen molar-refractivity contribution in [2.24, 2.45) is 14.1 Å². The average molecular weight is 301 g/mol. The van der Waals surface area contributed by atoms with E-state index in [4.69, 9.17) is 4.74 Å². The predicted molar refractivity (Wildman–Crippen MR) is 84.3 cm³/mol. The van der Waals surface area contributed by atoms with Gasteiger partial charge in [0.2, 0.25) is 0 Å². The van der Waals surface area contributed by atoms with Crippen LogP contribution in [0.5, 0.6) is 0 Å². The third-order valence-electron chi connectivity index (χ3n) is 4.23. The van der Waals surface area contributed by atoms with Gasteiger partial charge in [0.05, 0.1) is 43.5 Å². The van der Waals surface area contributed by atoms with E-state index >= 15 is 0 Å². The van der Waals surface area contributed by atoms with Crippen LogP contribution in [-0.2, 0) is 31.8 Å². The molecule has 1 aliphatic heterocycles. The molecule has 118 valence electrons. The molecule has 0 saturated heterocycles. The van der Waals surface area contributed by atoms with Gasteiger partial charge >= 0.3 is 0 Å². The van der Waals surface area contributed by atoms with Crippen LogP contribution in [0.4, 0.5) is 0 Å². The monoisotopic (exact) mass is 301 g/mol. The topological polar surface area (TPSA) is 48.1 Å². The van der Waals surface area contributed by atoms with Gasteiger partial charge in [-0.3, -0.25) is 4.90 Å². The Morgan fingerprint density at radius 1 is 1.36 bits per heavy atom. The Morgan fingerprint density at radius 3 is 2.95 bits per heavy atom. The van der Waals surface area contributed by atoms with Gasteiger partial charge in [0.1, 0.15) is 5.82 Å². The number of hydrogen-bond donors (Lipinski definition) is 0. The minimum absolute atomic E-state index is 0.202. The van der Waals surface area contributed by atoms with E-state index in [0.717, 1.165) is 25.3 Å². The molecular weight excluding hydrogens is 278 g/mol. The quantitative estimate of drug-likeness (QED) is 0.598. The maximum absolute atomic E-state index is 5.76. The molecule has 3 heterocycles. The molecular formula is C16H23N5O. The summed E-state index contributed by atoms with van der Waals surface area (Å²) in [6.45, 7) is 6.72. The zero-order valence-electron chi connectivity index (χ0n) is 13.3. The molecule has 6 heteroatoms. The molecule has 3 rings (SSSR count). The number of fused-ring (bicyclic) bond motifs is 1. The number of ether oxygens (including phenoxy) is 1. The zero-order valence-corrected chi connectivity index (χ0v) is 13.3. The SMILES string of the molecule is C=CCOC[C@H]1c2c(ncn2C)CCN1Cc1nccn1C. The first-order valence-corrected chi connectivity index (χ1v) is 7.59. The third-order valence-corrected chi connectivity index (χ3v) is 4.23. The molecule has 0 radical (unpaired) electrons. The Labute approximate surface area is 131 Å². The summed E-state index contributed by atoms with van der Waals surface area (Å²) < 4.78 is 9.94.